The lowest BCUT2D eigenvalue weighted by molar-refractivity contribution is -0.107. The van der Waals surface area contributed by atoms with E-state index in [1.54, 1.807) is 0 Å². The molecule has 19 heavy (non-hydrogen) atoms. The molecule has 2 nitrogen and oxygen atoms in total. The minimum absolute atomic E-state index is 0.244. The molecule has 0 radical (unpaired) electrons. The standard InChI is InChI=1S/C16H31NOS/c1-3-5-15(17-9-4-2)14-6-10-18-16(13-14)7-11-19-12-8-16/h14-15,17H,3-13H2,1-2H3. The molecular weight excluding hydrogens is 254 g/mol. The van der Waals surface area contributed by atoms with Crippen LogP contribution >= 0.6 is 11.8 Å². The van der Waals surface area contributed by atoms with Crippen molar-refractivity contribution in [3.8, 4) is 0 Å². The Balaban J connectivity index is 1.93. The summed E-state index contributed by atoms with van der Waals surface area (Å²) in [6.45, 7) is 6.74. The van der Waals surface area contributed by atoms with E-state index in [0.717, 1.165) is 18.6 Å². The number of hydrogen-bond acceptors (Lipinski definition) is 3. The van der Waals surface area contributed by atoms with Crippen molar-refractivity contribution < 1.29 is 4.74 Å². The van der Waals surface area contributed by atoms with Gasteiger partial charge < -0.3 is 10.1 Å². The Kier molecular flexibility index (Phi) is 6.51. The average Bonchev–Trinajstić information content (AvgIpc) is 2.44. The third kappa shape index (κ3) is 4.37. The van der Waals surface area contributed by atoms with Crippen molar-refractivity contribution in [2.45, 2.75) is 70.4 Å². The lowest BCUT2D eigenvalue weighted by atomic mass is 9.77. The van der Waals surface area contributed by atoms with Gasteiger partial charge in [-0.25, -0.2) is 0 Å². The van der Waals surface area contributed by atoms with Crippen LogP contribution in [0.3, 0.4) is 0 Å². The molecule has 2 fully saturated rings. The summed E-state index contributed by atoms with van der Waals surface area (Å²) in [5.74, 6) is 3.43. The van der Waals surface area contributed by atoms with Crippen LogP contribution in [0.25, 0.3) is 0 Å². The number of rotatable bonds is 6. The first kappa shape index (κ1) is 15.7. The number of thioether (sulfide) groups is 1. The maximum atomic E-state index is 6.23. The van der Waals surface area contributed by atoms with Crippen LogP contribution in [0.15, 0.2) is 0 Å². The van der Waals surface area contributed by atoms with E-state index in [9.17, 15) is 0 Å². The molecule has 2 atom stereocenters. The van der Waals surface area contributed by atoms with Gasteiger partial charge in [0.1, 0.15) is 0 Å². The van der Waals surface area contributed by atoms with Gasteiger partial charge in [0.15, 0.2) is 0 Å². The zero-order valence-electron chi connectivity index (χ0n) is 12.7. The second-order valence-electron chi connectivity index (χ2n) is 6.25. The van der Waals surface area contributed by atoms with E-state index < -0.39 is 0 Å². The van der Waals surface area contributed by atoms with Crippen molar-refractivity contribution in [3.05, 3.63) is 0 Å². The molecule has 2 heterocycles. The molecule has 2 aliphatic rings. The minimum Gasteiger partial charge on any atom is -0.375 e. The molecule has 2 rings (SSSR count). The summed E-state index contributed by atoms with van der Waals surface area (Å²) in [6, 6.07) is 0.723. The van der Waals surface area contributed by atoms with Crippen LogP contribution in [0, 0.1) is 5.92 Å². The Labute approximate surface area is 123 Å². The third-order valence-electron chi connectivity index (χ3n) is 4.76. The minimum atomic E-state index is 0.244. The Morgan fingerprint density at radius 3 is 2.74 bits per heavy atom. The summed E-state index contributed by atoms with van der Waals surface area (Å²) >= 11 is 2.10. The van der Waals surface area contributed by atoms with Crippen LogP contribution in [0.5, 0.6) is 0 Å². The van der Waals surface area contributed by atoms with Crippen LogP contribution < -0.4 is 5.32 Å². The molecule has 2 unspecified atom stereocenters. The monoisotopic (exact) mass is 285 g/mol. The molecule has 2 aliphatic heterocycles. The van der Waals surface area contributed by atoms with Gasteiger partial charge in [-0.05, 0) is 62.5 Å². The molecule has 0 aromatic rings. The summed E-state index contributed by atoms with van der Waals surface area (Å²) < 4.78 is 6.23. The van der Waals surface area contributed by atoms with E-state index >= 15 is 0 Å². The number of ether oxygens (including phenoxy) is 1. The second-order valence-corrected chi connectivity index (χ2v) is 7.47. The van der Waals surface area contributed by atoms with Crippen LogP contribution in [0.2, 0.25) is 0 Å². The first-order valence-electron chi connectivity index (χ1n) is 8.25. The van der Waals surface area contributed by atoms with Gasteiger partial charge in [0.25, 0.3) is 0 Å². The van der Waals surface area contributed by atoms with E-state index in [0.29, 0.717) is 0 Å². The smallest absolute Gasteiger partial charge is 0.0701 e. The molecule has 0 aromatic carbocycles. The van der Waals surface area contributed by atoms with Gasteiger partial charge in [0.05, 0.1) is 5.60 Å². The molecule has 1 N–H and O–H groups in total. The molecule has 0 saturated carbocycles. The van der Waals surface area contributed by atoms with Crippen molar-refractivity contribution in [1.82, 2.24) is 5.32 Å². The first-order chi connectivity index (χ1) is 9.29. The molecule has 0 amide bonds. The second kappa shape index (κ2) is 7.90. The lowest BCUT2D eigenvalue weighted by Gasteiger charge is -2.45. The normalized spacial score (nSPS) is 28.4. The van der Waals surface area contributed by atoms with Crippen molar-refractivity contribution in [2.75, 3.05) is 24.7 Å². The summed E-state index contributed by atoms with van der Waals surface area (Å²) in [7, 11) is 0. The Bertz CT molecular complexity index is 248. The lowest BCUT2D eigenvalue weighted by Crippen LogP contribution is -2.48. The average molecular weight is 285 g/mol. The molecule has 3 heteroatoms. The van der Waals surface area contributed by atoms with E-state index in [4.69, 9.17) is 4.74 Å². The van der Waals surface area contributed by atoms with Gasteiger partial charge in [-0.1, -0.05) is 20.3 Å². The van der Waals surface area contributed by atoms with Crippen molar-refractivity contribution in [3.63, 3.8) is 0 Å². The highest BCUT2D eigenvalue weighted by Crippen LogP contribution is 2.41. The molecule has 1 spiro atoms. The highest BCUT2D eigenvalue weighted by molar-refractivity contribution is 7.99. The van der Waals surface area contributed by atoms with E-state index in [1.165, 1.54) is 63.0 Å². The van der Waals surface area contributed by atoms with E-state index in [-0.39, 0.29) is 5.60 Å². The zero-order chi connectivity index (χ0) is 13.6. The van der Waals surface area contributed by atoms with Gasteiger partial charge >= 0.3 is 0 Å². The number of hydrogen-bond donors (Lipinski definition) is 1. The van der Waals surface area contributed by atoms with Gasteiger partial charge in [-0.3, -0.25) is 0 Å². The summed E-state index contributed by atoms with van der Waals surface area (Å²) in [6.07, 6.45) is 8.98. The van der Waals surface area contributed by atoms with Crippen LogP contribution in [-0.2, 0) is 4.74 Å². The highest BCUT2D eigenvalue weighted by Gasteiger charge is 2.40. The summed E-state index contributed by atoms with van der Waals surface area (Å²) in [4.78, 5) is 0. The van der Waals surface area contributed by atoms with E-state index in [2.05, 4.69) is 30.9 Å². The third-order valence-corrected chi connectivity index (χ3v) is 5.75. The van der Waals surface area contributed by atoms with Gasteiger partial charge in [-0.2, -0.15) is 11.8 Å². The maximum Gasteiger partial charge on any atom is 0.0701 e. The predicted octanol–water partition coefficient (Wildman–Crippen LogP) is 3.85. The summed E-state index contributed by atoms with van der Waals surface area (Å²) in [5.41, 5.74) is 0.244. The van der Waals surface area contributed by atoms with Crippen LogP contribution in [0.4, 0.5) is 0 Å². The molecule has 0 aromatic heterocycles. The van der Waals surface area contributed by atoms with Crippen molar-refractivity contribution >= 4 is 11.8 Å². The maximum absolute atomic E-state index is 6.23. The molecular formula is C16H31NOS. The number of nitrogens with one attached hydrogen (secondary N) is 1. The fourth-order valence-corrected chi connectivity index (χ4v) is 4.88. The van der Waals surface area contributed by atoms with Crippen LogP contribution in [-0.4, -0.2) is 36.3 Å². The molecule has 2 saturated heterocycles. The SMILES string of the molecule is CCCNC(CCC)C1CCOC2(CCSCC2)C1. The quantitative estimate of drug-likeness (QED) is 0.801. The van der Waals surface area contributed by atoms with Crippen molar-refractivity contribution in [1.29, 1.82) is 0 Å². The predicted molar refractivity (Wildman–Crippen MR) is 85.0 cm³/mol. The van der Waals surface area contributed by atoms with Gasteiger partial charge in [0, 0.05) is 12.6 Å². The molecule has 112 valence electrons. The topological polar surface area (TPSA) is 21.3 Å². The first-order valence-corrected chi connectivity index (χ1v) is 9.40. The largest absolute Gasteiger partial charge is 0.375 e. The van der Waals surface area contributed by atoms with Gasteiger partial charge in [0.2, 0.25) is 0 Å². The van der Waals surface area contributed by atoms with E-state index in [1.807, 2.05) is 0 Å². The highest BCUT2D eigenvalue weighted by atomic mass is 32.2. The van der Waals surface area contributed by atoms with Crippen molar-refractivity contribution in [2.24, 2.45) is 5.92 Å². The Morgan fingerprint density at radius 1 is 1.26 bits per heavy atom. The van der Waals surface area contributed by atoms with Gasteiger partial charge in [-0.15, -0.1) is 0 Å². The molecule has 0 aliphatic carbocycles. The Morgan fingerprint density at radius 2 is 2.05 bits per heavy atom. The fourth-order valence-electron chi connectivity index (χ4n) is 3.65. The fraction of sp³-hybridized carbons (Fsp3) is 1.00. The summed E-state index contributed by atoms with van der Waals surface area (Å²) in [5, 5.41) is 3.80. The molecule has 0 bridgehead atoms. The van der Waals surface area contributed by atoms with Crippen LogP contribution in [0.1, 0.15) is 58.8 Å². The zero-order valence-corrected chi connectivity index (χ0v) is 13.6. The Hall–Kier alpha value is 0.270.